The topological polar surface area (TPSA) is 0 Å². The molecule has 0 bridgehead atoms. The van der Waals surface area contributed by atoms with Crippen molar-refractivity contribution in [2.24, 2.45) is 0 Å². The first-order chi connectivity index (χ1) is 39.2. The van der Waals surface area contributed by atoms with Crippen LogP contribution in [0.4, 0.5) is 0 Å². The fourth-order valence-corrected chi connectivity index (χ4v) is 28.4. The van der Waals surface area contributed by atoms with Crippen molar-refractivity contribution in [1.82, 2.24) is 0 Å². The van der Waals surface area contributed by atoms with E-state index in [-0.39, 0.29) is 36.4 Å². The van der Waals surface area contributed by atoms with Gasteiger partial charge in [0, 0.05) is 20.4 Å². The Labute approximate surface area is 522 Å². The summed E-state index contributed by atoms with van der Waals surface area (Å²) in [4.78, 5) is 0. The third kappa shape index (κ3) is 21.7. The molecule has 80 heavy (non-hydrogen) atoms. The van der Waals surface area contributed by atoms with E-state index < -0.39 is 15.8 Å². The molecule has 0 aromatic heterocycles. The average Bonchev–Trinajstić information content (AvgIpc) is 3.54. The Balaban J connectivity index is 0.000000151. The quantitative estimate of drug-likeness (QED) is 0.0846. The molecule has 0 unspecified atom stereocenters. The monoisotopic (exact) mass is 1370 g/mol. The third-order valence-electron chi connectivity index (χ3n) is 18.1. The maximum Gasteiger partial charge on any atom is 0 e. The first kappa shape index (κ1) is 66.5. The van der Waals surface area contributed by atoms with E-state index in [2.05, 4.69) is 182 Å². The molecule has 0 atom stereocenters. The summed E-state index contributed by atoms with van der Waals surface area (Å²) in [6.07, 6.45) is 47.2. The molecule has 438 valence electrons. The summed E-state index contributed by atoms with van der Waals surface area (Å²) in [5.74, 6) is 0. The summed E-state index contributed by atoms with van der Waals surface area (Å²) in [6, 6.07) is 64.7. The first-order valence-electron chi connectivity index (χ1n) is 31.5. The van der Waals surface area contributed by atoms with Gasteiger partial charge in [0.05, 0.1) is 0 Å². The molecule has 0 aliphatic heterocycles. The Morgan fingerprint density at radius 1 is 0.225 bits per heavy atom. The third-order valence-corrected chi connectivity index (χ3v) is 31.1. The number of halogens is 2. The zero-order valence-electron chi connectivity index (χ0n) is 48.2. The van der Waals surface area contributed by atoms with Crippen molar-refractivity contribution < 1.29 is 36.4 Å². The molecule has 0 nitrogen and oxygen atoms in total. The molecule has 6 aromatic carbocycles. The Morgan fingerprint density at radius 2 is 0.350 bits per heavy atom. The van der Waals surface area contributed by atoms with Gasteiger partial charge < -0.3 is 0 Å². The van der Waals surface area contributed by atoms with Crippen LogP contribution in [-0.4, -0.2) is 34.0 Å². The molecule has 12 rings (SSSR count). The zero-order valence-corrected chi connectivity index (χ0v) is 56.4. The summed E-state index contributed by atoms with van der Waals surface area (Å²) < 4.78 is 0. The van der Waals surface area contributed by atoms with Gasteiger partial charge in [-0.15, -0.1) is 0 Å². The van der Waals surface area contributed by atoms with Crippen molar-refractivity contribution in [2.45, 2.75) is 227 Å². The Hall–Kier alpha value is -1.06. The van der Waals surface area contributed by atoms with E-state index in [0.717, 1.165) is 0 Å². The van der Waals surface area contributed by atoms with E-state index in [9.17, 15) is 0 Å². The molecule has 0 heterocycles. The molecular weight excluding hydrogens is 1270 g/mol. The van der Waals surface area contributed by atoms with Crippen LogP contribution in [0.5, 0.6) is 0 Å². The molecule has 0 spiro atoms. The number of rotatable bonds is 12. The standard InChI is InChI=1S/2C18H33P.2C18H15P.2ClH.2Pd/c4*1-4-10-16(11-5-1)19(17-12-6-2-7-13-17)18-14-8-3-9-15-18;;;;/h2*16-18H,1-15H2;2*1-15H;2*1H;;/q;;;;;;;+2/p-2. The molecule has 6 saturated carbocycles. The zero-order chi connectivity index (χ0) is 54.4. The molecule has 6 aromatic rings. The Bertz CT molecular complexity index is 1980. The molecule has 8 heteroatoms. The van der Waals surface area contributed by atoms with Gasteiger partial charge in [-0.05, 0) is 159 Å². The van der Waals surface area contributed by atoms with Crippen molar-refractivity contribution in [3.05, 3.63) is 182 Å². The van der Waals surface area contributed by atoms with Gasteiger partial charge in [0.1, 0.15) is 0 Å². The number of benzene rings is 6. The van der Waals surface area contributed by atoms with Gasteiger partial charge in [0.2, 0.25) is 0 Å². The van der Waals surface area contributed by atoms with Crippen LogP contribution in [0.1, 0.15) is 193 Å². The second-order valence-electron chi connectivity index (χ2n) is 23.4. The second kappa shape index (κ2) is 39.6. The summed E-state index contributed by atoms with van der Waals surface area (Å²) >= 11 is -0.106. The van der Waals surface area contributed by atoms with E-state index in [1.807, 2.05) is 0 Å². The van der Waals surface area contributed by atoms with Crippen LogP contribution in [0.25, 0.3) is 0 Å². The first-order valence-corrected chi connectivity index (χ1v) is 41.3. The molecule has 0 N–H and O–H groups in total. The van der Waals surface area contributed by atoms with Gasteiger partial charge in [-0.2, -0.15) is 0 Å². The smallest absolute Gasteiger partial charge is 0 e. The minimum absolute atomic E-state index is 0. The van der Waals surface area contributed by atoms with Crippen molar-refractivity contribution >= 4 is 82.6 Å². The van der Waals surface area contributed by atoms with E-state index in [4.69, 9.17) is 19.1 Å². The van der Waals surface area contributed by atoms with Crippen LogP contribution in [0, 0.1) is 0 Å². The van der Waals surface area contributed by atoms with Crippen molar-refractivity contribution in [3.8, 4) is 0 Å². The average molecular weight is 1370 g/mol. The molecule has 6 fully saturated rings. The maximum atomic E-state index is 4.81. The minimum atomic E-state index is -0.446. The Morgan fingerprint density at radius 3 is 0.475 bits per heavy atom. The number of hydrogen-bond donors (Lipinski definition) is 0. The predicted octanol–water partition coefficient (Wildman–Crippen LogP) is 21.2. The van der Waals surface area contributed by atoms with Crippen LogP contribution in [-0.2, 0) is 36.4 Å². The van der Waals surface area contributed by atoms with Crippen molar-refractivity contribution in [1.29, 1.82) is 0 Å². The fraction of sp³-hybridized carbons (Fsp3) is 0.500. The molecule has 0 radical (unpaired) electrons. The van der Waals surface area contributed by atoms with Crippen LogP contribution < -0.4 is 31.8 Å². The summed E-state index contributed by atoms with van der Waals surface area (Å²) in [7, 11) is 9.51. The van der Waals surface area contributed by atoms with Gasteiger partial charge in [0.25, 0.3) is 0 Å². The molecule has 6 aliphatic rings. The largest absolute Gasteiger partial charge is 0.0622 e. The summed E-state index contributed by atoms with van der Waals surface area (Å²) in [6.45, 7) is 0. The van der Waals surface area contributed by atoms with Crippen LogP contribution >= 0.6 is 50.7 Å². The van der Waals surface area contributed by atoms with Gasteiger partial charge in [-0.3, -0.25) is 0 Å². The van der Waals surface area contributed by atoms with Gasteiger partial charge in [-0.25, -0.2) is 0 Å². The van der Waals surface area contributed by atoms with Crippen LogP contribution in [0.2, 0.25) is 0 Å². The molecule has 6 aliphatic carbocycles. The summed E-state index contributed by atoms with van der Waals surface area (Å²) in [5, 5.41) is 8.39. The molecular formula is C72H96Cl2P4Pd2. The summed E-state index contributed by atoms with van der Waals surface area (Å²) in [5.41, 5.74) is 7.14. The van der Waals surface area contributed by atoms with Crippen molar-refractivity contribution in [3.63, 3.8) is 0 Å². The van der Waals surface area contributed by atoms with Gasteiger partial charge >= 0.3 is 35.0 Å². The SMILES string of the molecule is C1CCC(P(C2CCCCC2)C2CCCCC2)CC1.C1CCC(P(C2CCCCC2)C2CCCCC2)CC1.[Cl][Pd][Cl].[Pd].c1ccc(P(c2ccccc2)c2ccccc2)cc1.c1ccc(P(c2ccccc2)c2ccccc2)cc1. The molecule has 0 amide bonds. The maximum absolute atomic E-state index is 4.81. The predicted molar refractivity (Wildman–Crippen MR) is 357 cm³/mol. The van der Waals surface area contributed by atoms with E-state index in [1.165, 1.54) is 104 Å². The van der Waals surface area contributed by atoms with Gasteiger partial charge in [0.15, 0.2) is 0 Å². The molecule has 0 saturated heterocycles. The minimum Gasteiger partial charge on any atom is -0.0622 e. The van der Waals surface area contributed by atoms with Gasteiger partial charge in [-0.1, -0.05) is 313 Å². The number of hydrogen-bond acceptors (Lipinski definition) is 0. The van der Waals surface area contributed by atoms with E-state index in [1.54, 1.807) is 154 Å². The fourth-order valence-electron chi connectivity index (χ4n) is 14.4. The Kier molecular flexibility index (Phi) is 32.9. The van der Waals surface area contributed by atoms with Crippen molar-refractivity contribution in [2.75, 3.05) is 0 Å². The van der Waals surface area contributed by atoms with Crippen LogP contribution in [0.3, 0.4) is 0 Å². The van der Waals surface area contributed by atoms with E-state index >= 15 is 0 Å². The van der Waals surface area contributed by atoms with E-state index in [0.29, 0.717) is 15.8 Å². The second-order valence-corrected chi connectivity index (χ2v) is 36.3. The normalized spacial score (nSPS) is 19.0. The van der Waals surface area contributed by atoms with Crippen LogP contribution in [0.15, 0.2) is 182 Å².